The second-order valence-electron chi connectivity index (χ2n) is 5.67. The number of benzene rings is 1. The van der Waals surface area contributed by atoms with E-state index in [4.69, 9.17) is 14.2 Å². The molecule has 1 saturated heterocycles. The lowest BCUT2D eigenvalue weighted by Gasteiger charge is -2.34. The van der Waals surface area contributed by atoms with Crippen LogP contribution < -0.4 is 14.8 Å². The van der Waals surface area contributed by atoms with Crippen LogP contribution in [0.3, 0.4) is 0 Å². The molecule has 1 atom stereocenters. The van der Waals surface area contributed by atoms with Crippen molar-refractivity contribution in [1.29, 1.82) is 0 Å². The summed E-state index contributed by atoms with van der Waals surface area (Å²) in [5, 5.41) is 3.61. The number of hydrogen-bond donors (Lipinski definition) is 1. The molecule has 1 N–H and O–H groups in total. The SMILES string of the molecule is CC1(NCc2cc(Br)c3c(c2)OCCO3)CCCOC1. The van der Waals surface area contributed by atoms with Crippen molar-refractivity contribution in [3.63, 3.8) is 0 Å². The average molecular weight is 342 g/mol. The fraction of sp³-hybridized carbons (Fsp3) is 0.600. The van der Waals surface area contributed by atoms with Crippen LogP contribution in [0.25, 0.3) is 0 Å². The lowest BCUT2D eigenvalue weighted by molar-refractivity contribution is 0.0277. The fourth-order valence-corrected chi connectivity index (χ4v) is 3.26. The van der Waals surface area contributed by atoms with E-state index in [1.54, 1.807) is 0 Å². The molecule has 1 aromatic carbocycles. The minimum atomic E-state index is 0.0674. The molecule has 1 fully saturated rings. The van der Waals surface area contributed by atoms with E-state index < -0.39 is 0 Å². The van der Waals surface area contributed by atoms with Crippen LogP contribution >= 0.6 is 15.9 Å². The number of hydrogen-bond acceptors (Lipinski definition) is 4. The summed E-state index contributed by atoms with van der Waals surface area (Å²) in [5.74, 6) is 1.64. The van der Waals surface area contributed by atoms with Gasteiger partial charge in [-0.25, -0.2) is 0 Å². The van der Waals surface area contributed by atoms with Crippen molar-refractivity contribution < 1.29 is 14.2 Å². The standard InChI is InChI=1S/C15H20BrNO3/c1-15(3-2-4-18-10-15)17-9-11-7-12(16)14-13(8-11)19-5-6-20-14/h7-8,17H,2-6,9-10H2,1H3. The van der Waals surface area contributed by atoms with Crippen LogP contribution in [-0.4, -0.2) is 32.0 Å². The van der Waals surface area contributed by atoms with Gasteiger partial charge in [0.1, 0.15) is 13.2 Å². The van der Waals surface area contributed by atoms with Crippen molar-refractivity contribution in [2.24, 2.45) is 0 Å². The molecule has 0 bridgehead atoms. The quantitative estimate of drug-likeness (QED) is 0.917. The minimum Gasteiger partial charge on any atom is -0.486 e. The number of rotatable bonds is 3. The van der Waals surface area contributed by atoms with E-state index in [2.05, 4.69) is 40.3 Å². The lowest BCUT2D eigenvalue weighted by atomic mass is 9.94. The van der Waals surface area contributed by atoms with Crippen LogP contribution in [0.4, 0.5) is 0 Å². The van der Waals surface area contributed by atoms with Crippen molar-refractivity contribution in [2.45, 2.75) is 31.8 Å². The number of nitrogens with one attached hydrogen (secondary N) is 1. The summed E-state index contributed by atoms with van der Waals surface area (Å²) in [6, 6.07) is 4.15. The van der Waals surface area contributed by atoms with Gasteiger partial charge in [-0.15, -0.1) is 0 Å². The van der Waals surface area contributed by atoms with Gasteiger partial charge in [0.05, 0.1) is 11.1 Å². The monoisotopic (exact) mass is 341 g/mol. The maximum Gasteiger partial charge on any atom is 0.175 e. The Morgan fingerprint density at radius 2 is 2.10 bits per heavy atom. The molecular weight excluding hydrogens is 322 g/mol. The molecule has 4 nitrogen and oxygen atoms in total. The van der Waals surface area contributed by atoms with Crippen molar-refractivity contribution in [3.05, 3.63) is 22.2 Å². The zero-order valence-corrected chi connectivity index (χ0v) is 13.3. The summed E-state index contributed by atoms with van der Waals surface area (Å²) in [4.78, 5) is 0. The Balaban J connectivity index is 1.70. The fourth-order valence-electron chi connectivity index (χ4n) is 2.66. The van der Waals surface area contributed by atoms with Crippen LogP contribution in [0, 0.1) is 0 Å². The van der Waals surface area contributed by atoms with Gasteiger partial charge in [0.2, 0.25) is 0 Å². The molecule has 0 aliphatic carbocycles. The van der Waals surface area contributed by atoms with E-state index in [0.29, 0.717) is 13.2 Å². The minimum absolute atomic E-state index is 0.0674. The Hall–Kier alpha value is -0.780. The van der Waals surface area contributed by atoms with Gasteiger partial charge in [-0.05, 0) is 53.4 Å². The highest BCUT2D eigenvalue weighted by Crippen LogP contribution is 2.38. The predicted molar refractivity (Wildman–Crippen MR) is 80.4 cm³/mol. The molecule has 0 saturated carbocycles. The first-order valence-corrected chi connectivity index (χ1v) is 7.86. The van der Waals surface area contributed by atoms with Crippen LogP contribution in [0.2, 0.25) is 0 Å². The smallest absolute Gasteiger partial charge is 0.175 e. The van der Waals surface area contributed by atoms with E-state index in [1.807, 2.05) is 0 Å². The molecule has 0 radical (unpaired) electrons. The Kier molecular flexibility index (Phi) is 4.19. The summed E-state index contributed by atoms with van der Waals surface area (Å²) in [6.07, 6.45) is 2.27. The molecule has 1 unspecified atom stereocenters. The second-order valence-corrected chi connectivity index (χ2v) is 6.53. The van der Waals surface area contributed by atoms with Crippen LogP contribution in [-0.2, 0) is 11.3 Å². The third kappa shape index (κ3) is 3.10. The van der Waals surface area contributed by atoms with E-state index in [1.165, 1.54) is 5.56 Å². The molecule has 20 heavy (non-hydrogen) atoms. The van der Waals surface area contributed by atoms with Crippen molar-refractivity contribution in [1.82, 2.24) is 5.32 Å². The zero-order valence-electron chi connectivity index (χ0n) is 11.7. The Bertz CT molecular complexity index is 486. The summed E-state index contributed by atoms with van der Waals surface area (Å²) in [6.45, 7) is 5.90. The van der Waals surface area contributed by atoms with Gasteiger partial charge in [0, 0.05) is 18.7 Å². The molecule has 0 aromatic heterocycles. The average Bonchev–Trinajstić information content (AvgIpc) is 2.46. The molecule has 2 aliphatic heterocycles. The van der Waals surface area contributed by atoms with Gasteiger partial charge in [0.25, 0.3) is 0 Å². The lowest BCUT2D eigenvalue weighted by Crippen LogP contribution is -2.48. The third-order valence-electron chi connectivity index (χ3n) is 3.81. The molecule has 2 heterocycles. The van der Waals surface area contributed by atoms with E-state index >= 15 is 0 Å². The van der Waals surface area contributed by atoms with Gasteiger partial charge in [-0.2, -0.15) is 0 Å². The third-order valence-corrected chi connectivity index (χ3v) is 4.40. The first kappa shape index (κ1) is 14.2. The van der Waals surface area contributed by atoms with Crippen molar-refractivity contribution in [3.8, 4) is 11.5 Å². The maximum absolute atomic E-state index is 5.65. The molecule has 110 valence electrons. The first-order chi connectivity index (χ1) is 9.66. The molecule has 1 aromatic rings. The highest BCUT2D eigenvalue weighted by Gasteiger charge is 2.27. The van der Waals surface area contributed by atoms with Gasteiger partial charge < -0.3 is 19.5 Å². The summed E-state index contributed by atoms with van der Waals surface area (Å²) < 4.78 is 17.8. The topological polar surface area (TPSA) is 39.7 Å². The first-order valence-electron chi connectivity index (χ1n) is 7.07. The summed E-state index contributed by atoms with van der Waals surface area (Å²) in [5.41, 5.74) is 1.26. The zero-order chi connectivity index (χ0) is 14.0. The summed E-state index contributed by atoms with van der Waals surface area (Å²) in [7, 11) is 0. The van der Waals surface area contributed by atoms with E-state index in [0.717, 1.165) is 48.6 Å². The second kappa shape index (κ2) is 5.92. The Morgan fingerprint density at radius 1 is 1.25 bits per heavy atom. The molecule has 3 rings (SSSR count). The molecule has 2 aliphatic rings. The predicted octanol–water partition coefficient (Wildman–Crippen LogP) is 2.88. The summed E-state index contributed by atoms with van der Waals surface area (Å²) >= 11 is 3.55. The van der Waals surface area contributed by atoms with Crippen molar-refractivity contribution in [2.75, 3.05) is 26.4 Å². The molecule has 0 amide bonds. The van der Waals surface area contributed by atoms with E-state index in [9.17, 15) is 0 Å². The largest absolute Gasteiger partial charge is 0.486 e. The van der Waals surface area contributed by atoms with Crippen LogP contribution in [0.5, 0.6) is 11.5 Å². The van der Waals surface area contributed by atoms with Crippen LogP contribution in [0.1, 0.15) is 25.3 Å². The van der Waals surface area contributed by atoms with E-state index in [-0.39, 0.29) is 5.54 Å². The highest BCUT2D eigenvalue weighted by molar-refractivity contribution is 9.10. The molecule has 5 heteroatoms. The maximum atomic E-state index is 5.65. The number of fused-ring (bicyclic) bond motifs is 1. The Morgan fingerprint density at radius 3 is 2.90 bits per heavy atom. The van der Waals surface area contributed by atoms with Gasteiger partial charge in [-0.1, -0.05) is 0 Å². The molecular formula is C15H20BrNO3. The van der Waals surface area contributed by atoms with Crippen molar-refractivity contribution >= 4 is 15.9 Å². The molecule has 0 spiro atoms. The van der Waals surface area contributed by atoms with Crippen LogP contribution in [0.15, 0.2) is 16.6 Å². The number of ether oxygens (including phenoxy) is 3. The normalized spacial score (nSPS) is 25.5. The van der Waals surface area contributed by atoms with Gasteiger partial charge in [0.15, 0.2) is 11.5 Å². The van der Waals surface area contributed by atoms with Gasteiger partial charge in [-0.3, -0.25) is 0 Å². The van der Waals surface area contributed by atoms with Gasteiger partial charge >= 0.3 is 0 Å². The number of halogens is 1. The Labute approximate surface area is 127 Å². The highest BCUT2D eigenvalue weighted by atomic mass is 79.9.